The lowest BCUT2D eigenvalue weighted by atomic mass is 9.86. The highest BCUT2D eigenvalue weighted by atomic mass is 16.6. The number of hydrogen-bond acceptors (Lipinski definition) is 5. The normalized spacial score (nSPS) is 25.6. The third-order valence-electron chi connectivity index (χ3n) is 6.33. The van der Waals surface area contributed by atoms with E-state index in [2.05, 4.69) is 11.4 Å². The van der Waals surface area contributed by atoms with E-state index >= 15 is 0 Å². The molecule has 0 bridgehead atoms. The number of likely N-dealkylation sites (tertiary alicyclic amines) is 2. The Kier molecular flexibility index (Phi) is 6.15. The average Bonchev–Trinajstić information content (AvgIpc) is 3.30. The van der Waals surface area contributed by atoms with Gasteiger partial charge in [-0.05, 0) is 46.2 Å². The molecule has 1 aromatic carbocycles. The van der Waals surface area contributed by atoms with Gasteiger partial charge in [0, 0.05) is 50.5 Å². The first kappa shape index (κ1) is 21.9. The maximum atomic E-state index is 12.6. The molecule has 0 saturated carbocycles. The van der Waals surface area contributed by atoms with Gasteiger partial charge < -0.3 is 24.6 Å². The summed E-state index contributed by atoms with van der Waals surface area (Å²) >= 11 is 0. The van der Waals surface area contributed by atoms with Crippen LogP contribution in [0.15, 0.2) is 24.3 Å². The van der Waals surface area contributed by atoms with Crippen molar-refractivity contribution in [3.63, 3.8) is 0 Å². The van der Waals surface area contributed by atoms with Gasteiger partial charge >= 0.3 is 6.09 Å². The van der Waals surface area contributed by atoms with E-state index in [-0.39, 0.29) is 18.0 Å². The Hall–Kier alpha value is -2.28. The number of carbonyl (C=O) groups excluding carboxylic acids is 2. The van der Waals surface area contributed by atoms with Gasteiger partial charge in [0.05, 0.1) is 6.54 Å². The zero-order valence-corrected chi connectivity index (χ0v) is 19.0. The number of nitrogens with zero attached hydrogens (tertiary/aromatic N) is 2. The zero-order valence-electron chi connectivity index (χ0n) is 19.0. The number of carbonyl (C=O) groups is 2. The predicted octanol–water partition coefficient (Wildman–Crippen LogP) is 3.49. The standard InChI is InChI=1S/C24H35N3O4/c1-23(2,3)31-22(29)27-15-11-24(17-27)16-19(18-8-4-5-9-20(18)30-24)25-12-7-14-26-13-6-10-21(26)28/h4-5,8-9,19,25H,6-7,10-17H2,1-3H3/t19-,24-/m0/s1. The molecule has 1 aromatic rings. The van der Waals surface area contributed by atoms with Crippen molar-refractivity contribution in [1.29, 1.82) is 0 Å². The van der Waals surface area contributed by atoms with Crippen LogP contribution in [0.3, 0.4) is 0 Å². The Morgan fingerprint density at radius 3 is 2.84 bits per heavy atom. The molecule has 0 radical (unpaired) electrons. The van der Waals surface area contributed by atoms with E-state index in [0.717, 1.165) is 51.1 Å². The summed E-state index contributed by atoms with van der Waals surface area (Å²) in [5.74, 6) is 1.18. The first-order valence-electron chi connectivity index (χ1n) is 11.5. The number of rotatable bonds is 5. The number of nitrogens with one attached hydrogen (secondary N) is 1. The quantitative estimate of drug-likeness (QED) is 0.726. The van der Waals surface area contributed by atoms with E-state index in [1.807, 2.05) is 43.9 Å². The Bertz CT molecular complexity index is 821. The Morgan fingerprint density at radius 2 is 2.10 bits per heavy atom. The molecule has 4 rings (SSSR count). The van der Waals surface area contributed by atoms with E-state index < -0.39 is 11.2 Å². The van der Waals surface area contributed by atoms with Crippen molar-refractivity contribution in [3.8, 4) is 5.75 Å². The molecule has 7 heteroatoms. The lowest BCUT2D eigenvalue weighted by Gasteiger charge is -2.40. The molecule has 3 aliphatic rings. The molecule has 170 valence electrons. The van der Waals surface area contributed by atoms with Crippen LogP contribution in [0.25, 0.3) is 0 Å². The van der Waals surface area contributed by atoms with Gasteiger partial charge in [-0.25, -0.2) is 4.79 Å². The minimum Gasteiger partial charge on any atom is -0.485 e. The van der Waals surface area contributed by atoms with Crippen molar-refractivity contribution in [2.45, 2.75) is 70.1 Å². The number of amides is 2. The van der Waals surface area contributed by atoms with Crippen LogP contribution in [0.4, 0.5) is 4.79 Å². The smallest absolute Gasteiger partial charge is 0.410 e. The number of ether oxygens (including phenoxy) is 2. The Labute approximate surface area is 185 Å². The monoisotopic (exact) mass is 429 g/mol. The first-order chi connectivity index (χ1) is 14.7. The van der Waals surface area contributed by atoms with Gasteiger partial charge in [-0.15, -0.1) is 0 Å². The number of fused-ring (bicyclic) bond motifs is 1. The van der Waals surface area contributed by atoms with Gasteiger partial charge in [0.15, 0.2) is 0 Å². The molecule has 2 atom stereocenters. The number of hydrogen-bond donors (Lipinski definition) is 1. The molecule has 2 amide bonds. The van der Waals surface area contributed by atoms with Gasteiger partial charge in [0.2, 0.25) is 5.91 Å². The Balaban J connectivity index is 1.39. The predicted molar refractivity (Wildman–Crippen MR) is 118 cm³/mol. The van der Waals surface area contributed by atoms with Gasteiger partial charge in [0.1, 0.15) is 17.0 Å². The van der Waals surface area contributed by atoms with Crippen molar-refractivity contribution in [3.05, 3.63) is 29.8 Å². The fourth-order valence-corrected chi connectivity index (χ4v) is 4.86. The van der Waals surface area contributed by atoms with Crippen molar-refractivity contribution in [2.24, 2.45) is 0 Å². The van der Waals surface area contributed by atoms with E-state index in [1.54, 1.807) is 4.90 Å². The molecule has 3 aliphatic heterocycles. The first-order valence-corrected chi connectivity index (χ1v) is 11.5. The minimum absolute atomic E-state index is 0.165. The van der Waals surface area contributed by atoms with Crippen LogP contribution in [-0.2, 0) is 9.53 Å². The van der Waals surface area contributed by atoms with Crippen LogP contribution in [0.5, 0.6) is 5.75 Å². The molecule has 1 spiro atoms. The number of para-hydroxylation sites is 1. The fraction of sp³-hybridized carbons (Fsp3) is 0.667. The molecular weight excluding hydrogens is 394 g/mol. The molecule has 1 N–H and O–H groups in total. The van der Waals surface area contributed by atoms with Gasteiger partial charge in [-0.2, -0.15) is 0 Å². The van der Waals surface area contributed by atoms with Crippen molar-refractivity contribution in [1.82, 2.24) is 15.1 Å². The second kappa shape index (κ2) is 8.69. The minimum atomic E-state index is -0.506. The molecule has 2 fully saturated rings. The third-order valence-corrected chi connectivity index (χ3v) is 6.33. The zero-order chi connectivity index (χ0) is 22.1. The SMILES string of the molecule is CC(C)(C)OC(=O)N1CC[C@]2(C[C@H](NCCCN3CCCC3=O)c3ccccc3O2)C1. The lowest BCUT2D eigenvalue weighted by molar-refractivity contribution is -0.127. The fourth-order valence-electron chi connectivity index (χ4n) is 4.86. The molecular formula is C24H35N3O4. The highest BCUT2D eigenvalue weighted by molar-refractivity contribution is 5.78. The highest BCUT2D eigenvalue weighted by Crippen LogP contribution is 2.43. The molecule has 0 unspecified atom stereocenters. The van der Waals surface area contributed by atoms with Crippen LogP contribution >= 0.6 is 0 Å². The van der Waals surface area contributed by atoms with E-state index in [9.17, 15) is 9.59 Å². The second-order valence-electron chi connectivity index (χ2n) is 10.0. The van der Waals surface area contributed by atoms with Crippen LogP contribution in [-0.4, -0.2) is 65.7 Å². The van der Waals surface area contributed by atoms with Gasteiger partial charge in [0.25, 0.3) is 0 Å². The highest BCUT2D eigenvalue weighted by Gasteiger charge is 2.47. The topological polar surface area (TPSA) is 71.1 Å². The van der Waals surface area contributed by atoms with E-state index in [0.29, 0.717) is 19.5 Å². The molecule has 2 saturated heterocycles. The molecule has 31 heavy (non-hydrogen) atoms. The third kappa shape index (κ3) is 5.14. The molecule has 0 aliphatic carbocycles. The maximum Gasteiger partial charge on any atom is 0.410 e. The van der Waals surface area contributed by atoms with Crippen LogP contribution in [0.1, 0.15) is 64.5 Å². The van der Waals surface area contributed by atoms with Gasteiger partial charge in [-0.1, -0.05) is 18.2 Å². The summed E-state index contributed by atoms with van der Waals surface area (Å²) in [7, 11) is 0. The number of benzene rings is 1. The summed E-state index contributed by atoms with van der Waals surface area (Å²) in [6.07, 6.45) is 3.94. The summed E-state index contributed by atoms with van der Waals surface area (Å²) in [5, 5.41) is 3.70. The summed E-state index contributed by atoms with van der Waals surface area (Å²) in [6, 6.07) is 8.33. The summed E-state index contributed by atoms with van der Waals surface area (Å²) in [4.78, 5) is 28.1. The van der Waals surface area contributed by atoms with Crippen molar-refractivity contribution >= 4 is 12.0 Å². The molecule has 0 aromatic heterocycles. The van der Waals surface area contributed by atoms with E-state index in [4.69, 9.17) is 9.47 Å². The largest absolute Gasteiger partial charge is 0.485 e. The van der Waals surface area contributed by atoms with Crippen molar-refractivity contribution < 1.29 is 19.1 Å². The van der Waals surface area contributed by atoms with Crippen molar-refractivity contribution in [2.75, 3.05) is 32.7 Å². The Morgan fingerprint density at radius 1 is 1.29 bits per heavy atom. The lowest BCUT2D eigenvalue weighted by Crippen LogP contribution is -2.47. The second-order valence-corrected chi connectivity index (χ2v) is 10.0. The van der Waals surface area contributed by atoms with Crippen LogP contribution in [0.2, 0.25) is 0 Å². The summed E-state index contributed by atoms with van der Waals surface area (Å²) < 4.78 is 12.1. The molecule has 7 nitrogen and oxygen atoms in total. The van der Waals surface area contributed by atoms with E-state index in [1.165, 1.54) is 5.56 Å². The summed E-state index contributed by atoms with van der Waals surface area (Å²) in [5.41, 5.74) is 0.266. The average molecular weight is 430 g/mol. The van der Waals surface area contributed by atoms with Crippen LogP contribution < -0.4 is 10.1 Å². The molecule has 3 heterocycles. The van der Waals surface area contributed by atoms with Crippen LogP contribution in [0, 0.1) is 0 Å². The summed E-state index contributed by atoms with van der Waals surface area (Å²) in [6.45, 7) is 9.39. The van der Waals surface area contributed by atoms with Gasteiger partial charge in [-0.3, -0.25) is 4.79 Å². The maximum absolute atomic E-state index is 12.6.